The van der Waals surface area contributed by atoms with Crippen LogP contribution in [0.25, 0.3) is 10.4 Å². The third-order valence-corrected chi connectivity index (χ3v) is 6.99. The highest BCUT2D eigenvalue weighted by Gasteiger charge is 2.24. The molecule has 0 saturated carbocycles. The van der Waals surface area contributed by atoms with Crippen LogP contribution in [0, 0.1) is 5.92 Å². The normalized spacial score (nSPS) is 12.0. The van der Waals surface area contributed by atoms with Crippen molar-refractivity contribution in [1.82, 2.24) is 9.29 Å². The molecule has 2 heterocycles. The first-order valence-electron chi connectivity index (χ1n) is 8.95. The average molecular weight is 401 g/mol. The van der Waals surface area contributed by atoms with E-state index >= 15 is 0 Å². The Hall–Kier alpha value is -2.02. The van der Waals surface area contributed by atoms with Crippen LogP contribution in [-0.2, 0) is 22.3 Å². The molecular weight excluding hydrogens is 376 g/mol. The van der Waals surface area contributed by atoms with Gasteiger partial charge < -0.3 is 0 Å². The quantitative estimate of drug-likeness (QED) is 0.546. The summed E-state index contributed by atoms with van der Waals surface area (Å²) in [5.41, 5.74) is 1.92. The lowest BCUT2D eigenvalue weighted by atomic mass is 10.2. The number of aromatic nitrogens is 1. The van der Waals surface area contributed by atoms with E-state index in [9.17, 15) is 8.42 Å². The van der Waals surface area contributed by atoms with Crippen molar-refractivity contribution in [1.29, 1.82) is 0 Å². The molecule has 3 rings (SSSR count). The first-order chi connectivity index (χ1) is 12.9. The number of benzene rings is 1. The molecular formula is C21H24N2O2S2. The predicted molar refractivity (Wildman–Crippen MR) is 112 cm³/mol. The van der Waals surface area contributed by atoms with E-state index in [1.807, 2.05) is 68.4 Å². The molecule has 2 aromatic heterocycles. The minimum atomic E-state index is -3.39. The van der Waals surface area contributed by atoms with Crippen LogP contribution in [0.3, 0.4) is 0 Å². The fourth-order valence-electron chi connectivity index (χ4n) is 2.87. The number of pyridine rings is 1. The van der Waals surface area contributed by atoms with Crippen molar-refractivity contribution in [3.8, 4) is 10.4 Å². The highest BCUT2D eigenvalue weighted by atomic mass is 32.2. The monoisotopic (exact) mass is 400 g/mol. The Balaban J connectivity index is 1.80. The molecule has 0 radical (unpaired) electrons. The predicted octanol–water partition coefficient (Wildman–Crippen LogP) is 4.80. The minimum Gasteiger partial charge on any atom is -0.265 e. The zero-order valence-electron chi connectivity index (χ0n) is 15.6. The van der Waals surface area contributed by atoms with Crippen molar-refractivity contribution in [3.63, 3.8) is 0 Å². The Morgan fingerprint density at radius 1 is 1.00 bits per heavy atom. The summed E-state index contributed by atoms with van der Waals surface area (Å²) < 4.78 is 27.7. The maximum Gasteiger partial charge on any atom is 0.218 e. The minimum absolute atomic E-state index is 0.0309. The molecule has 0 aliphatic heterocycles. The SMILES string of the molecule is CC(C)CN(Cc1ccc(-c2ccncc2)s1)S(=O)(=O)Cc1ccccc1. The summed E-state index contributed by atoms with van der Waals surface area (Å²) in [7, 11) is -3.39. The van der Waals surface area contributed by atoms with Crippen molar-refractivity contribution in [3.05, 3.63) is 77.4 Å². The van der Waals surface area contributed by atoms with Crippen LogP contribution < -0.4 is 0 Å². The van der Waals surface area contributed by atoms with Gasteiger partial charge in [-0.2, -0.15) is 4.31 Å². The molecule has 4 nitrogen and oxygen atoms in total. The highest BCUT2D eigenvalue weighted by molar-refractivity contribution is 7.88. The smallest absolute Gasteiger partial charge is 0.218 e. The standard InChI is InChI=1S/C21H24N2O2S2/c1-17(2)14-23(27(24,25)16-18-6-4-3-5-7-18)15-20-8-9-21(26-20)19-10-12-22-13-11-19/h3-13,17H,14-16H2,1-2H3. The molecule has 0 atom stereocenters. The van der Waals surface area contributed by atoms with Gasteiger partial charge in [0.25, 0.3) is 0 Å². The van der Waals surface area contributed by atoms with Crippen LogP contribution in [0.15, 0.2) is 67.0 Å². The number of thiophene rings is 1. The van der Waals surface area contributed by atoms with Crippen molar-refractivity contribution >= 4 is 21.4 Å². The molecule has 3 aromatic rings. The Morgan fingerprint density at radius 2 is 1.70 bits per heavy atom. The summed E-state index contributed by atoms with van der Waals surface area (Å²) in [4.78, 5) is 6.21. The Bertz CT molecular complexity index is 952. The second-order valence-electron chi connectivity index (χ2n) is 6.93. The lowest BCUT2D eigenvalue weighted by molar-refractivity contribution is 0.364. The van der Waals surface area contributed by atoms with Gasteiger partial charge in [-0.3, -0.25) is 4.98 Å². The van der Waals surface area contributed by atoms with Crippen molar-refractivity contribution in [2.24, 2.45) is 5.92 Å². The molecule has 6 heteroatoms. The maximum absolute atomic E-state index is 13.0. The van der Waals surface area contributed by atoms with Gasteiger partial charge in [0.15, 0.2) is 0 Å². The second-order valence-corrected chi connectivity index (χ2v) is 10.1. The lowest BCUT2D eigenvalue weighted by Crippen LogP contribution is -2.34. The molecule has 27 heavy (non-hydrogen) atoms. The van der Waals surface area contributed by atoms with Gasteiger partial charge in [0.1, 0.15) is 0 Å². The number of hydrogen-bond acceptors (Lipinski definition) is 4. The van der Waals surface area contributed by atoms with Gasteiger partial charge in [-0.05, 0) is 41.3 Å². The number of hydrogen-bond donors (Lipinski definition) is 0. The molecule has 142 valence electrons. The van der Waals surface area contributed by atoms with Gasteiger partial charge in [-0.1, -0.05) is 44.2 Å². The van der Waals surface area contributed by atoms with Gasteiger partial charge >= 0.3 is 0 Å². The Labute approximate surface area is 165 Å². The Kier molecular flexibility index (Phi) is 6.42. The van der Waals surface area contributed by atoms with Crippen LogP contribution in [0.2, 0.25) is 0 Å². The third kappa shape index (κ3) is 5.48. The number of rotatable bonds is 8. The summed E-state index contributed by atoms with van der Waals surface area (Å²) in [6.45, 7) is 5.00. The first-order valence-corrected chi connectivity index (χ1v) is 11.4. The zero-order valence-corrected chi connectivity index (χ0v) is 17.2. The number of nitrogens with zero attached hydrogens (tertiary/aromatic N) is 2. The van der Waals surface area contributed by atoms with Crippen LogP contribution in [-0.4, -0.2) is 24.3 Å². The third-order valence-electron chi connectivity index (χ3n) is 4.11. The van der Waals surface area contributed by atoms with Crippen LogP contribution in [0.5, 0.6) is 0 Å². The molecule has 0 N–H and O–H groups in total. The van der Waals surface area contributed by atoms with Crippen LogP contribution in [0.1, 0.15) is 24.3 Å². The molecule has 0 aliphatic carbocycles. The molecule has 0 aliphatic rings. The van der Waals surface area contributed by atoms with Crippen molar-refractivity contribution < 1.29 is 8.42 Å². The summed E-state index contributed by atoms with van der Waals surface area (Å²) in [6, 6.07) is 17.4. The summed E-state index contributed by atoms with van der Waals surface area (Å²) in [5, 5.41) is 0. The fraction of sp³-hybridized carbons (Fsp3) is 0.286. The highest BCUT2D eigenvalue weighted by Crippen LogP contribution is 2.29. The van der Waals surface area contributed by atoms with Gasteiger partial charge in [0.2, 0.25) is 10.0 Å². The largest absolute Gasteiger partial charge is 0.265 e. The molecule has 0 saturated heterocycles. The van der Waals surface area contributed by atoms with E-state index in [-0.39, 0.29) is 11.7 Å². The summed E-state index contributed by atoms with van der Waals surface area (Å²) >= 11 is 1.63. The maximum atomic E-state index is 13.0. The summed E-state index contributed by atoms with van der Waals surface area (Å²) in [6.07, 6.45) is 3.54. The second kappa shape index (κ2) is 8.78. The van der Waals surface area contributed by atoms with Gasteiger partial charge in [-0.15, -0.1) is 11.3 Å². The van der Waals surface area contributed by atoms with E-state index in [1.165, 1.54) is 0 Å². The van der Waals surface area contributed by atoms with Gasteiger partial charge in [0, 0.05) is 35.2 Å². The van der Waals surface area contributed by atoms with Crippen molar-refractivity contribution in [2.75, 3.05) is 6.54 Å². The van der Waals surface area contributed by atoms with E-state index in [2.05, 4.69) is 4.98 Å². The molecule has 0 bridgehead atoms. The number of sulfonamides is 1. The first kappa shape index (κ1) is 19.7. The zero-order chi connectivity index (χ0) is 19.3. The van der Waals surface area contributed by atoms with Gasteiger partial charge in [-0.25, -0.2) is 8.42 Å². The fourth-order valence-corrected chi connectivity index (χ4v) is 5.64. The summed E-state index contributed by atoms with van der Waals surface area (Å²) in [5.74, 6) is 0.290. The van der Waals surface area contributed by atoms with E-state index in [4.69, 9.17) is 0 Å². The van der Waals surface area contributed by atoms with E-state index in [0.717, 1.165) is 20.9 Å². The molecule has 0 amide bonds. The van der Waals surface area contributed by atoms with E-state index in [0.29, 0.717) is 13.1 Å². The van der Waals surface area contributed by atoms with E-state index in [1.54, 1.807) is 28.0 Å². The average Bonchev–Trinajstić information content (AvgIpc) is 3.11. The van der Waals surface area contributed by atoms with Crippen molar-refractivity contribution in [2.45, 2.75) is 26.1 Å². The van der Waals surface area contributed by atoms with Crippen LogP contribution >= 0.6 is 11.3 Å². The Morgan fingerprint density at radius 3 is 2.37 bits per heavy atom. The van der Waals surface area contributed by atoms with Crippen LogP contribution in [0.4, 0.5) is 0 Å². The topological polar surface area (TPSA) is 50.3 Å². The lowest BCUT2D eigenvalue weighted by Gasteiger charge is -2.23. The molecule has 0 unspecified atom stereocenters. The van der Waals surface area contributed by atoms with E-state index < -0.39 is 10.0 Å². The molecule has 0 spiro atoms. The molecule has 0 fully saturated rings. The van der Waals surface area contributed by atoms with Gasteiger partial charge in [0.05, 0.1) is 5.75 Å². The molecule has 1 aromatic carbocycles.